The highest BCUT2D eigenvalue weighted by Gasteiger charge is 2.18. The molecule has 0 unspecified atom stereocenters. The van der Waals surface area contributed by atoms with Gasteiger partial charge in [0.2, 0.25) is 0 Å². The SMILES string of the molecule is Oc1ccccc1/C=C1\SC(=S)NC1=S. The molecular formula is C10H7NOS3. The first-order valence-electron chi connectivity index (χ1n) is 4.19. The number of para-hydroxylation sites is 1. The summed E-state index contributed by atoms with van der Waals surface area (Å²) >= 11 is 11.5. The van der Waals surface area contributed by atoms with E-state index >= 15 is 0 Å². The van der Waals surface area contributed by atoms with E-state index in [9.17, 15) is 5.11 Å². The molecule has 0 aromatic heterocycles. The van der Waals surface area contributed by atoms with Crippen LogP contribution >= 0.6 is 36.2 Å². The molecule has 2 rings (SSSR count). The third-order valence-corrected chi connectivity index (χ3v) is 3.50. The summed E-state index contributed by atoms with van der Waals surface area (Å²) in [6, 6.07) is 7.11. The van der Waals surface area contributed by atoms with Crippen LogP contribution in [0.3, 0.4) is 0 Å². The third-order valence-electron chi connectivity index (χ3n) is 1.87. The van der Waals surface area contributed by atoms with Gasteiger partial charge in [-0.3, -0.25) is 0 Å². The summed E-state index contributed by atoms with van der Waals surface area (Å²) in [5.74, 6) is 0.242. The Hall–Kier alpha value is -0.910. The average Bonchev–Trinajstić information content (AvgIpc) is 2.49. The first kappa shape index (κ1) is 10.6. The Bertz CT molecular complexity index is 467. The first-order chi connectivity index (χ1) is 7.16. The number of phenols is 1. The second-order valence-electron chi connectivity index (χ2n) is 2.91. The number of hydrogen-bond donors (Lipinski definition) is 2. The number of aromatic hydroxyl groups is 1. The van der Waals surface area contributed by atoms with Gasteiger partial charge >= 0.3 is 0 Å². The maximum absolute atomic E-state index is 9.57. The summed E-state index contributed by atoms with van der Waals surface area (Å²) in [7, 11) is 0. The van der Waals surface area contributed by atoms with Gasteiger partial charge in [0.25, 0.3) is 0 Å². The van der Waals surface area contributed by atoms with Gasteiger partial charge in [-0.25, -0.2) is 0 Å². The van der Waals surface area contributed by atoms with Gasteiger partial charge in [-0.2, -0.15) is 0 Å². The van der Waals surface area contributed by atoms with Crippen molar-refractivity contribution in [2.75, 3.05) is 0 Å². The summed E-state index contributed by atoms with van der Waals surface area (Å²) in [5, 5.41) is 12.5. The summed E-state index contributed by atoms with van der Waals surface area (Å²) in [6.45, 7) is 0. The van der Waals surface area contributed by atoms with Gasteiger partial charge in [-0.1, -0.05) is 54.4 Å². The number of thioether (sulfide) groups is 1. The van der Waals surface area contributed by atoms with Crippen molar-refractivity contribution in [3.05, 3.63) is 34.7 Å². The second-order valence-corrected chi connectivity index (χ2v) is 5.04. The Kier molecular flexibility index (Phi) is 3.04. The fraction of sp³-hybridized carbons (Fsp3) is 0. The highest BCUT2D eigenvalue weighted by Crippen LogP contribution is 2.29. The highest BCUT2D eigenvalue weighted by atomic mass is 32.2. The van der Waals surface area contributed by atoms with Crippen molar-refractivity contribution in [2.45, 2.75) is 0 Å². The zero-order chi connectivity index (χ0) is 10.8. The second kappa shape index (κ2) is 4.30. The molecule has 1 saturated heterocycles. The van der Waals surface area contributed by atoms with Crippen LogP contribution in [-0.2, 0) is 0 Å². The molecule has 1 heterocycles. The highest BCUT2D eigenvalue weighted by molar-refractivity contribution is 8.27. The molecule has 1 aliphatic heterocycles. The van der Waals surface area contributed by atoms with E-state index in [0.717, 1.165) is 10.5 Å². The minimum absolute atomic E-state index is 0.242. The lowest BCUT2D eigenvalue weighted by molar-refractivity contribution is 0.474. The molecule has 5 heteroatoms. The number of benzene rings is 1. The molecule has 0 bridgehead atoms. The molecule has 1 aromatic carbocycles. The number of rotatable bonds is 1. The molecule has 0 amide bonds. The van der Waals surface area contributed by atoms with Gasteiger partial charge in [-0.15, -0.1) is 0 Å². The number of nitrogens with one attached hydrogen (secondary N) is 1. The van der Waals surface area contributed by atoms with E-state index in [0.29, 0.717) is 9.31 Å². The molecule has 1 aliphatic rings. The lowest BCUT2D eigenvalue weighted by Crippen LogP contribution is -2.15. The van der Waals surface area contributed by atoms with E-state index < -0.39 is 0 Å². The maximum Gasteiger partial charge on any atom is 0.143 e. The third kappa shape index (κ3) is 2.37. The zero-order valence-corrected chi connectivity index (χ0v) is 10.0. The normalized spacial score (nSPS) is 18.3. The minimum atomic E-state index is 0.242. The molecule has 76 valence electrons. The lowest BCUT2D eigenvalue weighted by Gasteiger charge is -1.99. The average molecular weight is 253 g/mol. The summed E-state index contributed by atoms with van der Waals surface area (Å²) in [4.78, 5) is 1.49. The molecule has 2 N–H and O–H groups in total. The van der Waals surface area contributed by atoms with E-state index in [1.165, 1.54) is 11.8 Å². The zero-order valence-electron chi connectivity index (χ0n) is 7.56. The van der Waals surface area contributed by atoms with Gasteiger partial charge in [0.15, 0.2) is 0 Å². The molecule has 15 heavy (non-hydrogen) atoms. The summed E-state index contributed by atoms with van der Waals surface area (Å²) in [5.41, 5.74) is 0.744. The molecular weight excluding hydrogens is 246 g/mol. The van der Waals surface area contributed by atoms with Crippen LogP contribution in [-0.4, -0.2) is 14.4 Å². The smallest absolute Gasteiger partial charge is 0.143 e. The first-order valence-corrected chi connectivity index (χ1v) is 5.83. The molecule has 0 saturated carbocycles. The standard InChI is InChI=1S/C10H7NOS3/c12-7-4-2-1-3-6(7)5-8-9(13)11-10(14)15-8/h1-5,12H,(H,11,13,14)/b8-5-. The Morgan fingerprint density at radius 2 is 2.00 bits per heavy atom. The van der Waals surface area contributed by atoms with Crippen LogP contribution in [0.5, 0.6) is 5.75 Å². The van der Waals surface area contributed by atoms with Gasteiger partial charge in [0.05, 0.1) is 4.91 Å². The largest absolute Gasteiger partial charge is 0.507 e. The maximum atomic E-state index is 9.57. The van der Waals surface area contributed by atoms with Gasteiger partial charge in [0.1, 0.15) is 15.1 Å². The van der Waals surface area contributed by atoms with Crippen LogP contribution < -0.4 is 5.32 Å². The number of thiocarbonyl (C=S) groups is 2. The minimum Gasteiger partial charge on any atom is -0.507 e. The van der Waals surface area contributed by atoms with Crippen LogP contribution in [0.1, 0.15) is 5.56 Å². The van der Waals surface area contributed by atoms with E-state index in [2.05, 4.69) is 5.32 Å². The van der Waals surface area contributed by atoms with Gasteiger partial charge in [0, 0.05) is 5.56 Å². The van der Waals surface area contributed by atoms with Crippen LogP contribution in [0.15, 0.2) is 29.2 Å². The number of hydrogen-bond acceptors (Lipinski definition) is 4. The molecule has 2 nitrogen and oxygen atoms in total. The van der Waals surface area contributed by atoms with Crippen molar-refractivity contribution in [1.29, 1.82) is 0 Å². The fourth-order valence-electron chi connectivity index (χ4n) is 1.17. The predicted molar refractivity (Wildman–Crippen MR) is 72.0 cm³/mol. The van der Waals surface area contributed by atoms with Crippen molar-refractivity contribution in [2.24, 2.45) is 0 Å². The van der Waals surface area contributed by atoms with Gasteiger partial charge < -0.3 is 10.4 Å². The quantitative estimate of drug-likeness (QED) is 0.594. The number of phenolic OH excluding ortho intramolecular Hbond substituents is 1. The van der Waals surface area contributed by atoms with Crippen molar-refractivity contribution in [3.63, 3.8) is 0 Å². The van der Waals surface area contributed by atoms with Crippen LogP contribution in [0.4, 0.5) is 0 Å². The Morgan fingerprint density at radius 1 is 1.27 bits per heavy atom. The van der Waals surface area contributed by atoms with Crippen LogP contribution in [0.25, 0.3) is 6.08 Å². The van der Waals surface area contributed by atoms with E-state index in [-0.39, 0.29) is 5.75 Å². The van der Waals surface area contributed by atoms with Crippen molar-refractivity contribution >= 4 is 51.6 Å². The molecule has 1 fully saturated rings. The molecule has 0 aliphatic carbocycles. The van der Waals surface area contributed by atoms with E-state index in [4.69, 9.17) is 24.4 Å². The molecule has 0 spiro atoms. The summed E-state index contributed by atoms with van der Waals surface area (Å²) in [6.07, 6.45) is 1.83. The molecule has 0 radical (unpaired) electrons. The van der Waals surface area contributed by atoms with Crippen molar-refractivity contribution in [3.8, 4) is 5.75 Å². The van der Waals surface area contributed by atoms with Crippen molar-refractivity contribution < 1.29 is 5.11 Å². The summed E-state index contributed by atoms with van der Waals surface area (Å²) < 4.78 is 0.654. The Labute approximate surface area is 102 Å². The monoisotopic (exact) mass is 253 g/mol. The van der Waals surface area contributed by atoms with Gasteiger partial charge in [-0.05, 0) is 12.1 Å². The predicted octanol–water partition coefficient (Wildman–Crippen LogP) is 2.68. The topological polar surface area (TPSA) is 32.3 Å². The fourth-order valence-corrected chi connectivity index (χ4v) is 2.64. The lowest BCUT2D eigenvalue weighted by atomic mass is 10.2. The molecule has 1 aromatic rings. The Balaban J connectivity index is 2.35. The van der Waals surface area contributed by atoms with E-state index in [1.807, 2.05) is 18.2 Å². The van der Waals surface area contributed by atoms with Crippen LogP contribution in [0.2, 0.25) is 0 Å². The van der Waals surface area contributed by atoms with Crippen molar-refractivity contribution in [1.82, 2.24) is 5.32 Å². The Morgan fingerprint density at radius 3 is 2.60 bits per heavy atom. The van der Waals surface area contributed by atoms with Crippen LogP contribution in [0, 0.1) is 0 Å². The van der Waals surface area contributed by atoms with E-state index in [1.54, 1.807) is 12.1 Å². The molecule has 0 atom stereocenters.